The van der Waals surface area contributed by atoms with Gasteiger partial charge in [0.1, 0.15) is 10.6 Å². The van der Waals surface area contributed by atoms with Gasteiger partial charge >= 0.3 is 5.97 Å². The molecule has 1 rings (SSSR count). The minimum absolute atomic E-state index is 0.0144. The average Bonchev–Trinajstić information content (AvgIpc) is 2.43. The molecule has 3 N–H and O–H groups in total. The molecule has 0 saturated carbocycles. The summed E-state index contributed by atoms with van der Waals surface area (Å²) >= 11 is 0. The maximum absolute atomic E-state index is 12.1. The van der Waals surface area contributed by atoms with E-state index in [9.17, 15) is 13.2 Å². The molecule has 8 heteroatoms. The number of esters is 1. The topological polar surface area (TPSA) is 108 Å². The molecule has 0 aliphatic carbocycles. The lowest BCUT2D eigenvalue weighted by Gasteiger charge is -2.10. The van der Waals surface area contributed by atoms with Gasteiger partial charge in [0.2, 0.25) is 10.0 Å². The first-order valence-electron chi connectivity index (χ1n) is 6.49. The molecule has 0 spiro atoms. The summed E-state index contributed by atoms with van der Waals surface area (Å²) < 4.78 is 36.3. The third-order valence-electron chi connectivity index (χ3n) is 2.66. The van der Waals surface area contributed by atoms with Crippen LogP contribution in [0.2, 0.25) is 0 Å². The SMILES string of the molecule is CCOC(=O)CCCNS(=O)(=O)c1ccc(OC)cc1N. The van der Waals surface area contributed by atoms with Gasteiger partial charge in [-0.15, -0.1) is 0 Å². The Kier molecular flexibility index (Phi) is 6.44. The predicted octanol–water partition coefficient (Wildman–Crippen LogP) is 0.899. The maximum atomic E-state index is 12.1. The second kappa shape index (κ2) is 7.84. The summed E-state index contributed by atoms with van der Waals surface area (Å²) in [7, 11) is -2.24. The summed E-state index contributed by atoms with van der Waals surface area (Å²) in [4.78, 5) is 11.1. The molecule has 0 bridgehead atoms. The lowest BCUT2D eigenvalue weighted by atomic mass is 10.3. The monoisotopic (exact) mass is 316 g/mol. The van der Waals surface area contributed by atoms with Gasteiger partial charge in [-0.2, -0.15) is 0 Å². The highest BCUT2D eigenvalue weighted by Gasteiger charge is 2.17. The zero-order valence-corrected chi connectivity index (χ0v) is 12.9. The molecule has 0 saturated heterocycles. The number of ether oxygens (including phenoxy) is 2. The summed E-state index contributed by atoms with van der Waals surface area (Å²) in [6.45, 7) is 2.16. The number of nitrogens with two attached hydrogens (primary N) is 1. The quantitative estimate of drug-likeness (QED) is 0.419. The first-order chi connectivity index (χ1) is 9.90. The fraction of sp³-hybridized carbons (Fsp3) is 0.462. The summed E-state index contributed by atoms with van der Waals surface area (Å²) in [6, 6.07) is 4.33. The Morgan fingerprint density at radius 1 is 1.38 bits per heavy atom. The number of methoxy groups -OCH3 is 1. The van der Waals surface area contributed by atoms with E-state index in [2.05, 4.69) is 4.72 Å². The van der Waals surface area contributed by atoms with Gasteiger partial charge in [-0.05, 0) is 25.5 Å². The first kappa shape index (κ1) is 17.3. The van der Waals surface area contributed by atoms with Crippen molar-refractivity contribution < 1.29 is 22.7 Å². The van der Waals surface area contributed by atoms with Crippen LogP contribution in [0.15, 0.2) is 23.1 Å². The molecule has 0 aromatic heterocycles. The maximum Gasteiger partial charge on any atom is 0.305 e. The highest BCUT2D eigenvalue weighted by atomic mass is 32.2. The minimum Gasteiger partial charge on any atom is -0.497 e. The number of sulfonamides is 1. The van der Waals surface area contributed by atoms with Gasteiger partial charge in [-0.1, -0.05) is 0 Å². The van der Waals surface area contributed by atoms with E-state index >= 15 is 0 Å². The summed E-state index contributed by atoms with van der Waals surface area (Å²) in [5.41, 5.74) is 5.81. The molecule has 0 unspecified atom stereocenters. The number of rotatable bonds is 8. The molecule has 0 amide bonds. The molecular weight excluding hydrogens is 296 g/mol. The van der Waals surface area contributed by atoms with Gasteiger partial charge in [0.25, 0.3) is 0 Å². The number of nitrogens with one attached hydrogen (secondary N) is 1. The van der Waals surface area contributed by atoms with E-state index in [4.69, 9.17) is 15.2 Å². The molecule has 118 valence electrons. The van der Waals surface area contributed by atoms with Crippen LogP contribution in [0.5, 0.6) is 5.75 Å². The predicted molar refractivity (Wildman–Crippen MR) is 78.5 cm³/mol. The van der Waals surface area contributed by atoms with Crippen LogP contribution in [0.4, 0.5) is 5.69 Å². The Morgan fingerprint density at radius 3 is 2.67 bits per heavy atom. The molecular formula is C13H20N2O5S. The third-order valence-corrected chi connectivity index (χ3v) is 4.20. The lowest BCUT2D eigenvalue weighted by Crippen LogP contribution is -2.26. The van der Waals surface area contributed by atoms with E-state index in [1.54, 1.807) is 6.92 Å². The molecule has 0 fully saturated rings. The van der Waals surface area contributed by atoms with Crippen molar-refractivity contribution in [2.24, 2.45) is 0 Å². The number of carbonyl (C=O) groups excluding carboxylic acids is 1. The third kappa shape index (κ3) is 5.24. The van der Waals surface area contributed by atoms with Crippen LogP contribution in [0.1, 0.15) is 19.8 Å². The van der Waals surface area contributed by atoms with Crippen LogP contribution in [0, 0.1) is 0 Å². The summed E-state index contributed by atoms with van der Waals surface area (Å²) in [6.07, 6.45) is 0.516. The standard InChI is InChI=1S/C13H20N2O5S/c1-3-20-13(16)5-4-8-15-21(17,18)12-7-6-10(19-2)9-11(12)14/h6-7,9,15H,3-5,8,14H2,1-2H3. The Morgan fingerprint density at radius 2 is 2.10 bits per heavy atom. The molecule has 1 aromatic carbocycles. The number of anilines is 1. The van der Waals surface area contributed by atoms with Crippen molar-refractivity contribution in [1.82, 2.24) is 4.72 Å². The largest absolute Gasteiger partial charge is 0.497 e. The zero-order valence-electron chi connectivity index (χ0n) is 12.1. The summed E-state index contributed by atoms with van der Waals surface area (Å²) in [5, 5.41) is 0. The van der Waals surface area contributed by atoms with Crippen LogP contribution in [0.25, 0.3) is 0 Å². The van der Waals surface area contributed by atoms with E-state index in [1.807, 2.05) is 0 Å². The average molecular weight is 316 g/mol. The van der Waals surface area contributed by atoms with Crippen LogP contribution in [0.3, 0.4) is 0 Å². The van der Waals surface area contributed by atoms with Gasteiger partial charge in [0.15, 0.2) is 0 Å². The van der Waals surface area contributed by atoms with Crippen molar-refractivity contribution in [2.45, 2.75) is 24.7 Å². The Balaban J connectivity index is 2.60. The van der Waals surface area contributed by atoms with E-state index in [1.165, 1.54) is 25.3 Å². The van der Waals surface area contributed by atoms with Gasteiger partial charge in [-0.25, -0.2) is 13.1 Å². The highest BCUT2D eigenvalue weighted by molar-refractivity contribution is 7.89. The van der Waals surface area contributed by atoms with E-state index < -0.39 is 10.0 Å². The second-order valence-corrected chi connectivity index (χ2v) is 5.95. The Hall–Kier alpha value is -1.80. The van der Waals surface area contributed by atoms with Crippen LogP contribution in [-0.2, 0) is 19.6 Å². The van der Waals surface area contributed by atoms with Crippen LogP contribution >= 0.6 is 0 Å². The molecule has 0 aliphatic heterocycles. The second-order valence-electron chi connectivity index (χ2n) is 4.21. The molecule has 21 heavy (non-hydrogen) atoms. The van der Waals surface area contributed by atoms with E-state index in [-0.39, 0.29) is 29.5 Å². The van der Waals surface area contributed by atoms with Crippen molar-refractivity contribution in [3.05, 3.63) is 18.2 Å². The minimum atomic E-state index is -3.71. The smallest absolute Gasteiger partial charge is 0.305 e. The zero-order chi connectivity index (χ0) is 15.9. The van der Waals surface area contributed by atoms with Crippen molar-refractivity contribution >= 4 is 21.7 Å². The van der Waals surface area contributed by atoms with E-state index in [0.29, 0.717) is 18.8 Å². The molecule has 1 aromatic rings. The van der Waals surface area contributed by atoms with E-state index in [0.717, 1.165) is 0 Å². The molecule has 0 heterocycles. The number of hydrogen-bond acceptors (Lipinski definition) is 6. The number of carbonyl (C=O) groups is 1. The summed E-state index contributed by atoms with van der Waals surface area (Å²) in [5.74, 6) is 0.134. The van der Waals surface area contributed by atoms with Crippen LogP contribution in [-0.4, -0.2) is 34.6 Å². The van der Waals surface area contributed by atoms with Gasteiger partial charge in [0.05, 0.1) is 19.4 Å². The Labute approximate surface area is 124 Å². The molecule has 0 atom stereocenters. The van der Waals surface area contributed by atoms with Gasteiger partial charge in [0, 0.05) is 19.0 Å². The van der Waals surface area contributed by atoms with Crippen molar-refractivity contribution in [1.29, 1.82) is 0 Å². The number of nitrogen functional groups attached to an aromatic ring is 1. The lowest BCUT2D eigenvalue weighted by molar-refractivity contribution is -0.143. The fourth-order valence-electron chi connectivity index (χ4n) is 1.65. The molecule has 0 radical (unpaired) electrons. The fourth-order valence-corrected chi connectivity index (χ4v) is 2.83. The van der Waals surface area contributed by atoms with Crippen molar-refractivity contribution in [3.8, 4) is 5.75 Å². The molecule has 0 aliphatic rings. The van der Waals surface area contributed by atoms with Crippen molar-refractivity contribution in [3.63, 3.8) is 0 Å². The first-order valence-corrected chi connectivity index (χ1v) is 7.97. The van der Waals surface area contributed by atoms with Crippen molar-refractivity contribution in [2.75, 3.05) is 26.0 Å². The van der Waals surface area contributed by atoms with Gasteiger partial charge < -0.3 is 15.2 Å². The van der Waals surface area contributed by atoms with Gasteiger partial charge in [-0.3, -0.25) is 4.79 Å². The van der Waals surface area contributed by atoms with Crippen LogP contribution < -0.4 is 15.2 Å². The number of benzene rings is 1. The number of hydrogen-bond donors (Lipinski definition) is 2. The normalized spacial score (nSPS) is 11.1. The molecule has 7 nitrogen and oxygen atoms in total. The highest BCUT2D eigenvalue weighted by Crippen LogP contribution is 2.23. The Bertz CT molecular complexity index is 586.